The van der Waals surface area contributed by atoms with Gasteiger partial charge in [0.15, 0.2) is 0 Å². The van der Waals surface area contributed by atoms with Crippen molar-refractivity contribution in [2.75, 3.05) is 31.4 Å². The highest BCUT2D eigenvalue weighted by Gasteiger charge is 2.30. The van der Waals surface area contributed by atoms with Crippen molar-refractivity contribution in [2.45, 2.75) is 18.8 Å². The van der Waals surface area contributed by atoms with E-state index in [2.05, 4.69) is 10.3 Å². The van der Waals surface area contributed by atoms with Gasteiger partial charge in [0.05, 0.1) is 18.5 Å². The molecule has 2 aromatic heterocycles. The van der Waals surface area contributed by atoms with E-state index < -0.39 is 0 Å². The molecule has 1 aliphatic carbocycles. The summed E-state index contributed by atoms with van der Waals surface area (Å²) >= 11 is 5.97. The number of rotatable bonds is 6. The molecule has 0 fully saturated rings. The minimum atomic E-state index is -0.239. The standard InChI is InChI=1S/C25H24ClFN6O/c1-32(2)24-19-10-9-18(15-4-6-16(27)7-5-15)23(19)30-25(31-24)29-17-8-11-20(21(12-17)34-3)33-13-22(26)28-14-33/h4-8,11-14,18H,9-10H2,1-3H3,(H,29,30,31)/t18-/m0/s1. The van der Waals surface area contributed by atoms with Crippen LogP contribution in [0.3, 0.4) is 0 Å². The van der Waals surface area contributed by atoms with Crippen molar-refractivity contribution in [1.82, 2.24) is 19.5 Å². The molecule has 0 saturated carbocycles. The van der Waals surface area contributed by atoms with Crippen LogP contribution in [0.15, 0.2) is 55.0 Å². The zero-order valence-corrected chi connectivity index (χ0v) is 19.8. The Hall–Kier alpha value is -3.65. The van der Waals surface area contributed by atoms with Gasteiger partial charge >= 0.3 is 0 Å². The van der Waals surface area contributed by atoms with Gasteiger partial charge in [-0.1, -0.05) is 23.7 Å². The second-order valence-electron chi connectivity index (χ2n) is 8.39. The third-order valence-electron chi connectivity index (χ3n) is 5.99. The van der Waals surface area contributed by atoms with E-state index in [-0.39, 0.29) is 11.7 Å². The van der Waals surface area contributed by atoms with Crippen LogP contribution in [-0.2, 0) is 6.42 Å². The maximum Gasteiger partial charge on any atom is 0.229 e. The number of ether oxygens (including phenoxy) is 1. The van der Waals surface area contributed by atoms with Crippen molar-refractivity contribution in [2.24, 2.45) is 0 Å². The van der Waals surface area contributed by atoms with Crippen molar-refractivity contribution in [3.63, 3.8) is 0 Å². The summed E-state index contributed by atoms with van der Waals surface area (Å²) in [7, 11) is 5.57. The van der Waals surface area contributed by atoms with Crippen LogP contribution in [0.4, 0.5) is 21.8 Å². The lowest BCUT2D eigenvalue weighted by Gasteiger charge is -2.19. The third kappa shape index (κ3) is 4.17. The Labute approximate surface area is 202 Å². The van der Waals surface area contributed by atoms with Gasteiger partial charge in [0.25, 0.3) is 0 Å². The second-order valence-corrected chi connectivity index (χ2v) is 8.77. The summed E-state index contributed by atoms with van der Waals surface area (Å²) in [6.07, 6.45) is 5.14. The molecule has 0 saturated heterocycles. The maximum atomic E-state index is 13.5. The molecule has 1 atom stereocenters. The molecule has 2 aromatic carbocycles. The Bertz CT molecular complexity index is 1340. The number of anilines is 3. The molecule has 4 aromatic rings. The second kappa shape index (κ2) is 8.95. The van der Waals surface area contributed by atoms with Crippen molar-refractivity contribution in [3.05, 3.63) is 82.8 Å². The number of aromatic nitrogens is 4. The number of hydrogen-bond acceptors (Lipinski definition) is 6. The quantitative estimate of drug-likeness (QED) is 0.403. The zero-order valence-electron chi connectivity index (χ0n) is 19.1. The Balaban J connectivity index is 1.50. The molecule has 1 aliphatic rings. The number of hydrogen-bond donors (Lipinski definition) is 1. The number of methoxy groups -OCH3 is 1. The number of nitrogens with zero attached hydrogens (tertiary/aromatic N) is 5. The van der Waals surface area contributed by atoms with Gasteiger partial charge in [-0.25, -0.2) is 14.4 Å². The van der Waals surface area contributed by atoms with Gasteiger partial charge < -0.3 is 19.5 Å². The monoisotopic (exact) mass is 478 g/mol. The Morgan fingerprint density at radius 3 is 2.62 bits per heavy atom. The average molecular weight is 479 g/mol. The summed E-state index contributed by atoms with van der Waals surface area (Å²) in [5.74, 6) is 1.89. The first-order chi connectivity index (χ1) is 16.4. The molecule has 0 unspecified atom stereocenters. The van der Waals surface area contributed by atoms with Gasteiger partial charge in [-0.2, -0.15) is 4.98 Å². The lowest BCUT2D eigenvalue weighted by molar-refractivity contribution is 0.413. The fourth-order valence-electron chi connectivity index (χ4n) is 4.42. The van der Waals surface area contributed by atoms with Gasteiger partial charge in [0.1, 0.15) is 28.9 Å². The van der Waals surface area contributed by atoms with E-state index in [4.69, 9.17) is 26.3 Å². The summed E-state index contributed by atoms with van der Waals surface area (Å²) in [6, 6.07) is 12.4. The summed E-state index contributed by atoms with van der Waals surface area (Å²) in [5.41, 5.74) is 4.76. The summed E-state index contributed by atoms with van der Waals surface area (Å²) in [6.45, 7) is 0. The first kappa shape index (κ1) is 22.2. The van der Waals surface area contributed by atoms with Crippen molar-refractivity contribution in [3.8, 4) is 11.4 Å². The molecule has 5 rings (SSSR count). The number of halogens is 2. The fraction of sp³-hybridized carbons (Fsp3) is 0.240. The molecular formula is C25H24ClFN6O. The normalized spacial score (nSPS) is 14.7. The minimum absolute atomic E-state index is 0.0979. The number of fused-ring (bicyclic) bond motifs is 1. The van der Waals surface area contributed by atoms with Crippen molar-refractivity contribution < 1.29 is 9.13 Å². The Morgan fingerprint density at radius 2 is 1.94 bits per heavy atom. The SMILES string of the molecule is COc1cc(Nc2nc3c(c(N(C)C)n2)CC[C@H]3c2ccc(F)cc2)ccc1-n1cnc(Cl)c1. The van der Waals surface area contributed by atoms with Crippen molar-refractivity contribution in [1.29, 1.82) is 0 Å². The zero-order chi connectivity index (χ0) is 23.8. The average Bonchev–Trinajstić information content (AvgIpc) is 3.45. The van der Waals surface area contributed by atoms with Crippen LogP contribution in [-0.4, -0.2) is 40.7 Å². The van der Waals surface area contributed by atoms with Crippen LogP contribution in [0.2, 0.25) is 5.15 Å². The Kier molecular flexibility index (Phi) is 5.83. The minimum Gasteiger partial charge on any atom is -0.494 e. The summed E-state index contributed by atoms with van der Waals surface area (Å²) in [4.78, 5) is 15.8. The van der Waals surface area contributed by atoms with Gasteiger partial charge in [0.2, 0.25) is 5.95 Å². The first-order valence-electron chi connectivity index (χ1n) is 10.9. The molecule has 2 heterocycles. The van der Waals surface area contributed by atoms with E-state index in [0.717, 1.165) is 46.9 Å². The Morgan fingerprint density at radius 1 is 1.15 bits per heavy atom. The van der Waals surface area contributed by atoms with Crippen LogP contribution in [0, 0.1) is 5.82 Å². The number of nitrogens with one attached hydrogen (secondary N) is 1. The lowest BCUT2D eigenvalue weighted by Crippen LogP contribution is -2.16. The van der Waals surface area contributed by atoms with Gasteiger partial charge in [-0.05, 0) is 42.7 Å². The van der Waals surface area contributed by atoms with Gasteiger partial charge in [-0.3, -0.25) is 0 Å². The molecule has 0 bridgehead atoms. The molecule has 0 spiro atoms. The van der Waals surface area contributed by atoms with E-state index in [9.17, 15) is 4.39 Å². The molecule has 0 amide bonds. The highest BCUT2D eigenvalue weighted by atomic mass is 35.5. The molecule has 1 N–H and O–H groups in total. The number of imidazole rings is 1. The summed E-state index contributed by atoms with van der Waals surface area (Å²) < 4.78 is 20.9. The predicted octanol–water partition coefficient (Wildman–Crippen LogP) is 5.35. The van der Waals surface area contributed by atoms with Gasteiger partial charge in [0, 0.05) is 43.5 Å². The largest absolute Gasteiger partial charge is 0.494 e. The molecule has 7 nitrogen and oxygen atoms in total. The van der Waals surface area contributed by atoms with E-state index in [1.165, 1.54) is 12.1 Å². The number of benzene rings is 2. The smallest absolute Gasteiger partial charge is 0.229 e. The van der Waals surface area contributed by atoms with Crippen LogP contribution in [0.1, 0.15) is 29.2 Å². The molecular weight excluding hydrogens is 455 g/mol. The highest BCUT2D eigenvalue weighted by Crippen LogP contribution is 2.41. The van der Waals surface area contributed by atoms with Crippen LogP contribution in [0.25, 0.3) is 5.69 Å². The van der Waals surface area contributed by atoms with Crippen LogP contribution < -0.4 is 15.0 Å². The first-order valence-corrected chi connectivity index (χ1v) is 11.3. The van der Waals surface area contributed by atoms with E-state index >= 15 is 0 Å². The topological polar surface area (TPSA) is 68.1 Å². The predicted molar refractivity (Wildman–Crippen MR) is 131 cm³/mol. The van der Waals surface area contributed by atoms with E-state index in [1.807, 2.05) is 49.3 Å². The van der Waals surface area contributed by atoms with Gasteiger partial charge in [-0.15, -0.1) is 0 Å². The highest BCUT2D eigenvalue weighted by molar-refractivity contribution is 6.29. The van der Waals surface area contributed by atoms with E-state index in [1.54, 1.807) is 24.2 Å². The lowest BCUT2D eigenvalue weighted by atomic mass is 9.97. The molecule has 34 heavy (non-hydrogen) atoms. The molecule has 0 aliphatic heterocycles. The molecule has 0 radical (unpaired) electrons. The fourth-order valence-corrected chi connectivity index (χ4v) is 4.56. The van der Waals surface area contributed by atoms with E-state index in [0.29, 0.717) is 16.9 Å². The molecule has 174 valence electrons. The van der Waals surface area contributed by atoms with Crippen LogP contribution in [0.5, 0.6) is 5.75 Å². The third-order valence-corrected chi connectivity index (χ3v) is 6.19. The summed E-state index contributed by atoms with van der Waals surface area (Å²) in [5, 5.41) is 3.73. The molecule has 9 heteroatoms. The van der Waals surface area contributed by atoms with Crippen molar-refractivity contribution >= 4 is 29.1 Å². The maximum absolute atomic E-state index is 13.5. The van der Waals surface area contributed by atoms with Crippen LogP contribution >= 0.6 is 11.6 Å².